The van der Waals surface area contributed by atoms with Gasteiger partial charge in [-0.15, -0.1) is 0 Å². The number of aliphatic hydroxyl groups is 1. The lowest BCUT2D eigenvalue weighted by molar-refractivity contribution is -0.132. The minimum Gasteiger partial charge on any atom is -0.507 e. The molecule has 0 bridgehead atoms. The van der Waals surface area contributed by atoms with E-state index in [2.05, 4.69) is 25.8 Å². The molecule has 2 aromatic carbocycles. The smallest absolute Gasteiger partial charge is 0.300 e. The van der Waals surface area contributed by atoms with E-state index in [0.29, 0.717) is 22.6 Å². The first kappa shape index (κ1) is 22.3. The highest BCUT2D eigenvalue weighted by Gasteiger charge is 2.47. The fourth-order valence-electron chi connectivity index (χ4n) is 4.01. The zero-order chi connectivity index (χ0) is 23.8. The number of aliphatic hydroxyl groups excluding tert-OH is 1. The van der Waals surface area contributed by atoms with Gasteiger partial charge in [-0.3, -0.25) is 19.5 Å². The van der Waals surface area contributed by atoms with E-state index in [0.717, 1.165) is 5.56 Å². The van der Waals surface area contributed by atoms with Crippen LogP contribution in [0, 0.1) is 0 Å². The van der Waals surface area contributed by atoms with E-state index in [1.54, 1.807) is 37.4 Å². The van der Waals surface area contributed by atoms with Gasteiger partial charge in [0.05, 0.1) is 18.7 Å². The average molecular weight is 443 g/mol. The van der Waals surface area contributed by atoms with Gasteiger partial charge in [0.1, 0.15) is 11.5 Å². The zero-order valence-electron chi connectivity index (χ0n) is 19.1. The van der Waals surface area contributed by atoms with Gasteiger partial charge >= 0.3 is 0 Å². The fourth-order valence-corrected chi connectivity index (χ4v) is 4.01. The highest BCUT2D eigenvalue weighted by Crippen LogP contribution is 2.43. The van der Waals surface area contributed by atoms with Crippen LogP contribution in [0.4, 0.5) is 5.69 Å². The van der Waals surface area contributed by atoms with Crippen LogP contribution in [0.2, 0.25) is 0 Å². The molecule has 0 spiro atoms. The van der Waals surface area contributed by atoms with Gasteiger partial charge in [-0.25, -0.2) is 0 Å². The Morgan fingerprint density at radius 3 is 2.27 bits per heavy atom. The second-order valence-corrected chi connectivity index (χ2v) is 8.98. The van der Waals surface area contributed by atoms with Crippen molar-refractivity contribution >= 4 is 23.1 Å². The molecule has 0 saturated carbocycles. The maximum absolute atomic E-state index is 13.3. The number of rotatable bonds is 4. The first-order chi connectivity index (χ1) is 15.7. The molecule has 0 aliphatic carbocycles. The summed E-state index contributed by atoms with van der Waals surface area (Å²) in [4.78, 5) is 31.9. The average Bonchev–Trinajstić information content (AvgIpc) is 3.09. The fraction of sp³-hybridized carbons (Fsp3) is 0.222. The number of Topliss-reactive ketones (excluding diaryl/α,β-unsaturated/α-hetero) is 1. The molecule has 0 radical (unpaired) electrons. The summed E-state index contributed by atoms with van der Waals surface area (Å²) in [5.74, 6) is -1.08. The lowest BCUT2D eigenvalue weighted by Gasteiger charge is -2.27. The topological polar surface area (TPSA) is 79.7 Å². The molecule has 2 heterocycles. The molecule has 6 heteroatoms. The van der Waals surface area contributed by atoms with Crippen LogP contribution < -0.4 is 9.64 Å². The molecule has 1 aromatic heterocycles. The van der Waals surface area contributed by atoms with Gasteiger partial charge in [0.2, 0.25) is 0 Å². The standard InChI is InChI=1S/C27H26N2O4/c1-27(2,3)19-8-10-20(11-9-19)29-23(18-6-5-7-21(16-18)33-4)22(25(31)26(29)32)24(30)17-12-14-28-15-13-17/h5-16,23,30H,1-4H3/b24-22-. The second-order valence-electron chi connectivity index (χ2n) is 8.98. The Morgan fingerprint density at radius 2 is 1.67 bits per heavy atom. The van der Waals surface area contributed by atoms with Crippen molar-refractivity contribution in [1.29, 1.82) is 0 Å². The summed E-state index contributed by atoms with van der Waals surface area (Å²) < 4.78 is 5.37. The van der Waals surface area contributed by atoms with Crippen LogP contribution in [-0.2, 0) is 15.0 Å². The lowest BCUT2D eigenvalue weighted by atomic mass is 9.87. The Hall–Kier alpha value is -3.93. The molecule has 168 valence electrons. The van der Waals surface area contributed by atoms with E-state index >= 15 is 0 Å². The van der Waals surface area contributed by atoms with Crippen molar-refractivity contribution in [3.8, 4) is 5.75 Å². The van der Waals surface area contributed by atoms with Crippen molar-refractivity contribution in [2.24, 2.45) is 0 Å². The molecule has 6 nitrogen and oxygen atoms in total. The van der Waals surface area contributed by atoms with Crippen molar-refractivity contribution in [3.05, 3.63) is 95.3 Å². The van der Waals surface area contributed by atoms with Crippen molar-refractivity contribution in [2.75, 3.05) is 12.0 Å². The van der Waals surface area contributed by atoms with Crippen molar-refractivity contribution in [1.82, 2.24) is 4.98 Å². The number of hydrogen-bond donors (Lipinski definition) is 1. The summed E-state index contributed by atoms with van der Waals surface area (Å²) in [6, 6.07) is 17.2. The molecule has 1 amide bonds. The molecule has 1 atom stereocenters. The number of aromatic nitrogens is 1. The summed E-state index contributed by atoms with van der Waals surface area (Å²) in [6.07, 6.45) is 3.05. The molecule has 1 aliphatic rings. The van der Waals surface area contributed by atoms with Gasteiger partial charge in [-0.1, -0.05) is 45.0 Å². The van der Waals surface area contributed by atoms with Crippen molar-refractivity contribution in [2.45, 2.75) is 32.2 Å². The molecule has 1 aliphatic heterocycles. The number of hydrogen-bond acceptors (Lipinski definition) is 5. The Kier molecular flexibility index (Phi) is 5.77. The third-order valence-corrected chi connectivity index (χ3v) is 5.82. The van der Waals surface area contributed by atoms with Crippen LogP contribution >= 0.6 is 0 Å². The predicted octanol–water partition coefficient (Wildman–Crippen LogP) is 5.01. The highest BCUT2D eigenvalue weighted by atomic mass is 16.5. The Balaban J connectivity index is 1.91. The van der Waals surface area contributed by atoms with Gasteiger partial charge < -0.3 is 9.84 Å². The molecule has 1 fully saturated rings. The molecular formula is C27H26N2O4. The van der Waals surface area contributed by atoms with Crippen LogP contribution in [-0.4, -0.2) is 28.9 Å². The first-order valence-corrected chi connectivity index (χ1v) is 10.7. The van der Waals surface area contributed by atoms with Crippen LogP contribution in [0.1, 0.15) is 43.5 Å². The molecule has 1 unspecified atom stereocenters. The maximum atomic E-state index is 13.3. The summed E-state index contributed by atoms with van der Waals surface area (Å²) in [6.45, 7) is 6.33. The van der Waals surface area contributed by atoms with E-state index in [1.165, 1.54) is 17.3 Å². The summed E-state index contributed by atoms with van der Waals surface area (Å²) in [7, 11) is 1.55. The van der Waals surface area contributed by atoms with E-state index in [-0.39, 0.29) is 16.7 Å². The Bertz CT molecular complexity index is 1220. The lowest BCUT2D eigenvalue weighted by Crippen LogP contribution is -2.29. The molecule has 3 aromatic rings. The van der Waals surface area contributed by atoms with Gasteiger partial charge in [-0.05, 0) is 52.9 Å². The summed E-state index contributed by atoms with van der Waals surface area (Å²) >= 11 is 0. The van der Waals surface area contributed by atoms with Crippen LogP contribution in [0.3, 0.4) is 0 Å². The summed E-state index contributed by atoms with van der Waals surface area (Å²) in [5.41, 5.74) is 2.73. The van der Waals surface area contributed by atoms with E-state index in [1.807, 2.05) is 30.3 Å². The van der Waals surface area contributed by atoms with Crippen LogP contribution in [0.5, 0.6) is 5.75 Å². The number of ether oxygens (including phenoxy) is 1. The van der Waals surface area contributed by atoms with E-state index < -0.39 is 17.7 Å². The molecule has 1 N–H and O–H groups in total. The van der Waals surface area contributed by atoms with Crippen LogP contribution in [0.15, 0.2) is 78.6 Å². The monoisotopic (exact) mass is 442 g/mol. The van der Waals surface area contributed by atoms with E-state index in [4.69, 9.17) is 4.74 Å². The third-order valence-electron chi connectivity index (χ3n) is 5.82. The molecule has 4 rings (SSSR count). The SMILES string of the molecule is COc1cccc(C2/C(=C(/O)c3ccncc3)C(=O)C(=O)N2c2ccc(C(C)(C)C)cc2)c1. The van der Waals surface area contributed by atoms with Crippen molar-refractivity contribution < 1.29 is 19.4 Å². The normalized spacial score (nSPS) is 17.9. The molecule has 33 heavy (non-hydrogen) atoms. The number of pyridine rings is 1. The second kappa shape index (κ2) is 8.54. The molecular weight excluding hydrogens is 416 g/mol. The minimum atomic E-state index is -0.811. The van der Waals surface area contributed by atoms with Gasteiger partial charge in [-0.2, -0.15) is 0 Å². The number of amides is 1. The highest BCUT2D eigenvalue weighted by molar-refractivity contribution is 6.51. The first-order valence-electron chi connectivity index (χ1n) is 10.7. The zero-order valence-corrected chi connectivity index (χ0v) is 19.1. The largest absolute Gasteiger partial charge is 0.507 e. The number of methoxy groups -OCH3 is 1. The number of carbonyl (C=O) groups excluding carboxylic acids is 2. The van der Waals surface area contributed by atoms with Gasteiger partial charge in [0, 0.05) is 23.6 Å². The van der Waals surface area contributed by atoms with Crippen molar-refractivity contribution in [3.63, 3.8) is 0 Å². The quantitative estimate of drug-likeness (QED) is 0.349. The third kappa shape index (κ3) is 4.12. The van der Waals surface area contributed by atoms with Gasteiger partial charge in [0.15, 0.2) is 0 Å². The number of nitrogens with zero attached hydrogens (tertiary/aromatic N) is 2. The predicted molar refractivity (Wildman–Crippen MR) is 127 cm³/mol. The Labute approximate surface area is 193 Å². The van der Waals surface area contributed by atoms with E-state index in [9.17, 15) is 14.7 Å². The summed E-state index contributed by atoms with van der Waals surface area (Å²) in [5, 5.41) is 11.1. The number of benzene rings is 2. The maximum Gasteiger partial charge on any atom is 0.300 e. The van der Waals surface area contributed by atoms with Gasteiger partial charge in [0.25, 0.3) is 11.7 Å². The minimum absolute atomic E-state index is 0.0272. The number of anilines is 1. The number of ketones is 1. The molecule has 1 saturated heterocycles. The van der Waals surface area contributed by atoms with Crippen LogP contribution in [0.25, 0.3) is 5.76 Å². The number of carbonyl (C=O) groups is 2. The Morgan fingerprint density at radius 1 is 1.00 bits per heavy atom.